The van der Waals surface area contributed by atoms with Crippen LogP contribution in [0.3, 0.4) is 0 Å². The van der Waals surface area contributed by atoms with Crippen LogP contribution in [0.4, 0.5) is 0 Å². The summed E-state index contributed by atoms with van der Waals surface area (Å²) in [6.45, 7) is 4.76. The van der Waals surface area contributed by atoms with E-state index < -0.39 is 0 Å². The molecule has 1 aromatic rings. The summed E-state index contributed by atoms with van der Waals surface area (Å²) in [4.78, 5) is 1.74. The van der Waals surface area contributed by atoms with Crippen molar-refractivity contribution < 1.29 is 14.4 Å². The van der Waals surface area contributed by atoms with E-state index in [2.05, 4.69) is 0 Å². The van der Waals surface area contributed by atoms with E-state index in [9.17, 15) is 0 Å². The van der Waals surface area contributed by atoms with Crippen LogP contribution in [0.2, 0.25) is 0 Å². The molecule has 0 spiro atoms. The number of quaternary nitrogens is 1. The van der Waals surface area contributed by atoms with Gasteiger partial charge in [0.25, 0.3) is 0 Å². The largest absolute Gasteiger partial charge is 0.497 e. The second kappa shape index (κ2) is 6.50. The SMILES string of the molecule is COc1ccc(OCCC[NH+]2CCCC2)cc1. The number of hydrogen-bond acceptors (Lipinski definition) is 2. The molecule has 0 aliphatic carbocycles. The van der Waals surface area contributed by atoms with Crippen molar-refractivity contribution in [1.82, 2.24) is 0 Å². The highest BCUT2D eigenvalue weighted by atomic mass is 16.5. The number of hydrogen-bond donors (Lipinski definition) is 1. The minimum atomic E-state index is 0.815. The Morgan fingerprint density at radius 3 is 2.35 bits per heavy atom. The molecule has 94 valence electrons. The van der Waals surface area contributed by atoms with E-state index in [4.69, 9.17) is 9.47 Å². The molecule has 17 heavy (non-hydrogen) atoms. The van der Waals surface area contributed by atoms with Crippen molar-refractivity contribution in [1.29, 1.82) is 0 Å². The van der Waals surface area contributed by atoms with Crippen LogP contribution in [0.5, 0.6) is 11.5 Å². The van der Waals surface area contributed by atoms with Gasteiger partial charge in [-0.15, -0.1) is 0 Å². The van der Waals surface area contributed by atoms with Gasteiger partial charge in [0.05, 0.1) is 33.4 Å². The average Bonchev–Trinajstić information content (AvgIpc) is 2.88. The van der Waals surface area contributed by atoms with Crippen LogP contribution in [0.15, 0.2) is 24.3 Å². The molecule has 3 heteroatoms. The number of ether oxygens (including phenoxy) is 2. The molecule has 1 aliphatic heterocycles. The van der Waals surface area contributed by atoms with Crippen LogP contribution < -0.4 is 14.4 Å². The summed E-state index contributed by atoms with van der Waals surface area (Å²) in [6, 6.07) is 7.78. The van der Waals surface area contributed by atoms with Crippen LogP contribution in [0.1, 0.15) is 19.3 Å². The molecule has 2 rings (SSSR count). The predicted molar refractivity (Wildman–Crippen MR) is 67.9 cm³/mol. The van der Waals surface area contributed by atoms with Crippen molar-refractivity contribution in [2.24, 2.45) is 0 Å². The van der Waals surface area contributed by atoms with E-state index in [0.717, 1.165) is 24.5 Å². The third-order valence-electron chi connectivity index (χ3n) is 3.31. The maximum atomic E-state index is 5.70. The number of nitrogens with one attached hydrogen (secondary N) is 1. The normalized spacial score (nSPS) is 16.1. The lowest BCUT2D eigenvalue weighted by Gasteiger charge is -2.12. The number of rotatable bonds is 6. The predicted octanol–water partition coefficient (Wildman–Crippen LogP) is 1.14. The number of benzene rings is 1. The topological polar surface area (TPSA) is 22.9 Å². The summed E-state index contributed by atoms with van der Waals surface area (Å²) in [5.41, 5.74) is 0. The van der Waals surface area contributed by atoms with Gasteiger partial charge in [0, 0.05) is 19.3 Å². The highest BCUT2D eigenvalue weighted by Crippen LogP contribution is 2.16. The van der Waals surface area contributed by atoms with Gasteiger partial charge in [-0.2, -0.15) is 0 Å². The monoisotopic (exact) mass is 236 g/mol. The molecule has 0 amide bonds. The highest BCUT2D eigenvalue weighted by molar-refractivity contribution is 5.31. The Balaban J connectivity index is 1.63. The van der Waals surface area contributed by atoms with Gasteiger partial charge < -0.3 is 14.4 Å². The van der Waals surface area contributed by atoms with E-state index in [1.54, 1.807) is 12.0 Å². The van der Waals surface area contributed by atoms with Crippen molar-refractivity contribution >= 4 is 0 Å². The summed E-state index contributed by atoms with van der Waals surface area (Å²) in [5, 5.41) is 0. The summed E-state index contributed by atoms with van der Waals surface area (Å²) < 4.78 is 10.8. The van der Waals surface area contributed by atoms with Gasteiger partial charge in [0.15, 0.2) is 0 Å². The fourth-order valence-corrected chi connectivity index (χ4v) is 2.31. The van der Waals surface area contributed by atoms with E-state index in [-0.39, 0.29) is 0 Å². The second-order valence-electron chi connectivity index (χ2n) is 4.58. The molecule has 0 aromatic heterocycles. The zero-order valence-corrected chi connectivity index (χ0v) is 10.6. The third kappa shape index (κ3) is 3.93. The minimum Gasteiger partial charge on any atom is -0.497 e. The van der Waals surface area contributed by atoms with Gasteiger partial charge in [-0.3, -0.25) is 0 Å². The lowest BCUT2D eigenvalue weighted by Crippen LogP contribution is -3.10. The van der Waals surface area contributed by atoms with Crippen molar-refractivity contribution in [3.05, 3.63) is 24.3 Å². The lowest BCUT2D eigenvalue weighted by molar-refractivity contribution is -0.887. The molecular weight excluding hydrogens is 214 g/mol. The Morgan fingerprint density at radius 1 is 1.06 bits per heavy atom. The van der Waals surface area contributed by atoms with Gasteiger partial charge in [-0.05, 0) is 24.3 Å². The molecule has 1 saturated heterocycles. The molecule has 1 aliphatic rings. The first kappa shape index (κ1) is 12.2. The van der Waals surface area contributed by atoms with Crippen LogP contribution >= 0.6 is 0 Å². The molecule has 0 unspecified atom stereocenters. The van der Waals surface area contributed by atoms with Gasteiger partial charge in [0.2, 0.25) is 0 Å². The first-order valence-electron chi connectivity index (χ1n) is 6.49. The smallest absolute Gasteiger partial charge is 0.119 e. The third-order valence-corrected chi connectivity index (χ3v) is 3.31. The van der Waals surface area contributed by atoms with Gasteiger partial charge in [-0.1, -0.05) is 0 Å². The summed E-state index contributed by atoms with van der Waals surface area (Å²) >= 11 is 0. The first-order chi connectivity index (χ1) is 8.38. The summed E-state index contributed by atoms with van der Waals surface area (Å²) in [5.74, 6) is 1.81. The summed E-state index contributed by atoms with van der Waals surface area (Å²) in [6.07, 6.45) is 3.94. The first-order valence-corrected chi connectivity index (χ1v) is 6.49. The van der Waals surface area contributed by atoms with E-state index in [1.807, 2.05) is 24.3 Å². The number of methoxy groups -OCH3 is 1. The van der Waals surface area contributed by atoms with Gasteiger partial charge in [-0.25, -0.2) is 0 Å². The maximum absolute atomic E-state index is 5.70. The lowest BCUT2D eigenvalue weighted by atomic mass is 10.3. The Labute approximate surface area is 103 Å². The molecule has 0 atom stereocenters. The van der Waals surface area contributed by atoms with Gasteiger partial charge >= 0.3 is 0 Å². The molecule has 0 bridgehead atoms. The zero-order chi connectivity index (χ0) is 11.9. The van der Waals surface area contributed by atoms with Crippen molar-refractivity contribution in [2.75, 3.05) is 33.4 Å². The Kier molecular flexibility index (Phi) is 4.68. The average molecular weight is 236 g/mol. The highest BCUT2D eigenvalue weighted by Gasteiger charge is 2.13. The molecule has 3 nitrogen and oxygen atoms in total. The van der Waals surface area contributed by atoms with Crippen LogP contribution in [-0.4, -0.2) is 33.4 Å². The standard InChI is InChI=1S/C14H21NO2/c1-16-13-5-7-14(8-6-13)17-12-4-11-15-9-2-3-10-15/h5-8H,2-4,9-12H2,1H3/p+1. The molecule has 0 saturated carbocycles. The molecule has 0 radical (unpaired) electrons. The minimum absolute atomic E-state index is 0.815. The van der Waals surface area contributed by atoms with Crippen molar-refractivity contribution in [2.45, 2.75) is 19.3 Å². The van der Waals surface area contributed by atoms with E-state index in [1.165, 1.54) is 32.5 Å². The number of likely N-dealkylation sites (tertiary alicyclic amines) is 1. The molecule has 1 fully saturated rings. The fourth-order valence-electron chi connectivity index (χ4n) is 2.31. The van der Waals surface area contributed by atoms with Crippen LogP contribution in [0, 0.1) is 0 Å². The maximum Gasteiger partial charge on any atom is 0.119 e. The fraction of sp³-hybridized carbons (Fsp3) is 0.571. The van der Waals surface area contributed by atoms with E-state index in [0.29, 0.717) is 0 Å². The Bertz CT molecular complexity index is 317. The van der Waals surface area contributed by atoms with Crippen LogP contribution in [-0.2, 0) is 0 Å². The van der Waals surface area contributed by atoms with Crippen molar-refractivity contribution in [3.8, 4) is 11.5 Å². The molecule has 1 aromatic carbocycles. The van der Waals surface area contributed by atoms with E-state index >= 15 is 0 Å². The second-order valence-corrected chi connectivity index (χ2v) is 4.58. The molecule has 1 N–H and O–H groups in total. The molecule has 1 heterocycles. The van der Waals surface area contributed by atoms with Crippen LogP contribution in [0.25, 0.3) is 0 Å². The van der Waals surface area contributed by atoms with Gasteiger partial charge in [0.1, 0.15) is 11.5 Å². The van der Waals surface area contributed by atoms with Crippen molar-refractivity contribution in [3.63, 3.8) is 0 Å². The molecular formula is C14H22NO2+. The summed E-state index contributed by atoms with van der Waals surface area (Å²) in [7, 11) is 1.68. The zero-order valence-electron chi connectivity index (χ0n) is 10.6. The Morgan fingerprint density at radius 2 is 1.71 bits per heavy atom. The quantitative estimate of drug-likeness (QED) is 0.749. The Hall–Kier alpha value is -1.22.